The number of H-pyrrole nitrogens is 1. The van der Waals surface area contributed by atoms with Crippen molar-refractivity contribution in [3.63, 3.8) is 0 Å². The van der Waals surface area contributed by atoms with Crippen LogP contribution in [-0.4, -0.2) is 22.1 Å². The molecule has 0 spiro atoms. The largest absolute Gasteiger partial charge is 0.481 e. The zero-order chi connectivity index (χ0) is 15.6. The maximum atomic E-state index is 5.08. The van der Waals surface area contributed by atoms with Gasteiger partial charge >= 0.3 is 0 Å². The van der Waals surface area contributed by atoms with E-state index in [2.05, 4.69) is 43.2 Å². The minimum atomic E-state index is 0.586. The second kappa shape index (κ2) is 5.73. The van der Waals surface area contributed by atoms with Gasteiger partial charge in [0.25, 0.3) is 0 Å². The van der Waals surface area contributed by atoms with Crippen LogP contribution in [0.1, 0.15) is 0 Å². The molecule has 5 nitrogen and oxygen atoms in total. The molecule has 0 aliphatic heterocycles. The monoisotopic (exact) mass is 322 g/mol. The predicted molar refractivity (Wildman–Crippen MR) is 93.5 cm³/mol. The predicted octanol–water partition coefficient (Wildman–Crippen LogP) is 4.44. The Bertz CT molecular complexity index is 929. The molecule has 2 N–H and O–H groups in total. The van der Waals surface area contributed by atoms with Crippen molar-refractivity contribution in [2.75, 3.05) is 12.4 Å². The van der Waals surface area contributed by atoms with E-state index in [9.17, 15) is 0 Å². The van der Waals surface area contributed by atoms with Crippen molar-refractivity contribution in [2.24, 2.45) is 0 Å². The fourth-order valence-corrected chi connectivity index (χ4v) is 3.09. The Labute approximate surface area is 137 Å². The number of hydrogen-bond donors (Lipinski definition) is 2. The van der Waals surface area contributed by atoms with E-state index in [-0.39, 0.29) is 0 Å². The third-order valence-corrected chi connectivity index (χ3v) is 4.27. The Morgan fingerprint density at radius 3 is 2.87 bits per heavy atom. The summed E-state index contributed by atoms with van der Waals surface area (Å²) in [6.45, 7) is 0. The molecule has 23 heavy (non-hydrogen) atoms. The first-order valence-corrected chi connectivity index (χ1v) is 8.05. The third kappa shape index (κ3) is 2.64. The maximum Gasteiger partial charge on any atom is 0.213 e. The molecule has 114 valence electrons. The normalized spacial score (nSPS) is 10.8. The van der Waals surface area contributed by atoms with Crippen molar-refractivity contribution in [3.05, 3.63) is 53.5 Å². The molecule has 4 aromatic rings. The van der Waals surface area contributed by atoms with E-state index in [0.29, 0.717) is 5.88 Å². The number of rotatable bonds is 4. The average molecular weight is 322 g/mol. The number of thiophene rings is 1. The average Bonchev–Trinajstić information content (AvgIpc) is 3.25. The van der Waals surface area contributed by atoms with Gasteiger partial charge in [0, 0.05) is 34.3 Å². The number of nitrogens with one attached hydrogen (secondary N) is 2. The van der Waals surface area contributed by atoms with Gasteiger partial charge in [-0.1, -0.05) is 0 Å². The first-order valence-electron chi connectivity index (χ1n) is 7.11. The number of anilines is 2. The lowest BCUT2D eigenvalue weighted by Crippen LogP contribution is -1.95. The van der Waals surface area contributed by atoms with E-state index in [4.69, 9.17) is 4.74 Å². The molecule has 0 aliphatic carbocycles. The highest BCUT2D eigenvalue weighted by Gasteiger charge is 2.09. The van der Waals surface area contributed by atoms with E-state index in [1.54, 1.807) is 30.8 Å². The molecular weight excluding hydrogens is 308 g/mol. The summed E-state index contributed by atoms with van der Waals surface area (Å²) < 4.78 is 5.08. The van der Waals surface area contributed by atoms with Crippen LogP contribution in [0.3, 0.4) is 0 Å². The number of aromatic amines is 1. The van der Waals surface area contributed by atoms with Gasteiger partial charge < -0.3 is 15.0 Å². The van der Waals surface area contributed by atoms with Crippen LogP contribution in [-0.2, 0) is 0 Å². The van der Waals surface area contributed by atoms with Gasteiger partial charge in [-0.05, 0) is 29.6 Å². The Morgan fingerprint density at radius 1 is 1.17 bits per heavy atom. The molecule has 0 amide bonds. The molecule has 0 aromatic carbocycles. The van der Waals surface area contributed by atoms with Crippen molar-refractivity contribution in [2.45, 2.75) is 0 Å². The van der Waals surface area contributed by atoms with E-state index in [0.717, 1.165) is 28.1 Å². The molecule has 0 fully saturated rings. The van der Waals surface area contributed by atoms with Crippen LogP contribution in [0, 0.1) is 0 Å². The number of aromatic nitrogens is 3. The first kappa shape index (κ1) is 13.8. The van der Waals surface area contributed by atoms with Crippen LogP contribution in [0.2, 0.25) is 0 Å². The molecule has 4 rings (SSSR count). The van der Waals surface area contributed by atoms with Gasteiger partial charge in [0.2, 0.25) is 5.88 Å². The Kier molecular flexibility index (Phi) is 3.44. The zero-order valence-electron chi connectivity index (χ0n) is 12.4. The van der Waals surface area contributed by atoms with Crippen LogP contribution in [0.5, 0.6) is 5.88 Å². The summed E-state index contributed by atoms with van der Waals surface area (Å²) in [5, 5.41) is 8.55. The number of nitrogens with zero attached hydrogens (tertiary/aromatic N) is 2. The minimum Gasteiger partial charge on any atom is -0.481 e. The molecule has 0 atom stereocenters. The molecular formula is C17H14N4OS. The Morgan fingerprint density at radius 2 is 2.13 bits per heavy atom. The summed E-state index contributed by atoms with van der Waals surface area (Å²) in [5.41, 5.74) is 4.18. The van der Waals surface area contributed by atoms with E-state index in [1.807, 2.05) is 18.2 Å². The molecule has 0 radical (unpaired) electrons. The summed E-state index contributed by atoms with van der Waals surface area (Å²) in [7, 11) is 1.60. The molecule has 4 heterocycles. The topological polar surface area (TPSA) is 62.8 Å². The first-order chi connectivity index (χ1) is 11.3. The molecule has 0 saturated heterocycles. The Balaban J connectivity index is 1.71. The Hall–Kier alpha value is -2.86. The fraction of sp³-hybridized carbons (Fsp3) is 0.0588. The third-order valence-electron chi connectivity index (χ3n) is 3.59. The van der Waals surface area contributed by atoms with Gasteiger partial charge in [0.15, 0.2) is 0 Å². The number of methoxy groups -OCH3 is 1. The van der Waals surface area contributed by atoms with Gasteiger partial charge in [-0.15, -0.1) is 0 Å². The smallest absolute Gasteiger partial charge is 0.213 e. The van der Waals surface area contributed by atoms with Crippen molar-refractivity contribution < 1.29 is 4.74 Å². The summed E-state index contributed by atoms with van der Waals surface area (Å²) in [6, 6.07) is 9.92. The van der Waals surface area contributed by atoms with Gasteiger partial charge in [-0.25, -0.2) is 9.97 Å². The quantitative estimate of drug-likeness (QED) is 0.583. The van der Waals surface area contributed by atoms with Crippen molar-refractivity contribution in [1.82, 2.24) is 15.0 Å². The van der Waals surface area contributed by atoms with Crippen LogP contribution < -0.4 is 10.1 Å². The molecule has 0 saturated carbocycles. The molecule has 4 aromatic heterocycles. The maximum absolute atomic E-state index is 5.08. The number of fused-ring (bicyclic) bond motifs is 1. The lowest BCUT2D eigenvalue weighted by Gasteiger charge is -2.06. The lowest BCUT2D eigenvalue weighted by molar-refractivity contribution is 0.398. The summed E-state index contributed by atoms with van der Waals surface area (Å²) in [4.78, 5) is 12.1. The number of pyridine rings is 2. The van der Waals surface area contributed by atoms with Crippen LogP contribution in [0.15, 0.2) is 53.5 Å². The minimum absolute atomic E-state index is 0.586. The highest BCUT2D eigenvalue weighted by molar-refractivity contribution is 7.08. The zero-order valence-corrected chi connectivity index (χ0v) is 13.2. The summed E-state index contributed by atoms with van der Waals surface area (Å²) in [6.07, 6.45) is 3.52. The van der Waals surface area contributed by atoms with Crippen molar-refractivity contribution in [3.8, 4) is 17.1 Å². The van der Waals surface area contributed by atoms with E-state index in [1.165, 1.54) is 5.56 Å². The van der Waals surface area contributed by atoms with E-state index < -0.39 is 0 Å². The molecule has 0 bridgehead atoms. The van der Waals surface area contributed by atoms with Gasteiger partial charge in [-0.3, -0.25) is 0 Å². The summed E-state index contributed by atoms with van der Waals surface area (Å²) >= 11 is 1.68. The van der Waals surface area contributed by atoms with Crippen LogP contribution in [0.25, 0.3) is 22.2 Å². The second-order valence-corrected chi connectivity index (χ2v) is 5.81. The summed E-state index contributed by atoms with van der Waals surface area (Å²) in [5.74, 6) is 1.38. The number of ether oxygens (including phenoxy) is 1. The van der Waals surface area contributed by atoms with Gasteiger partial charge in [0.1, 0.15) is 5.82 Å². The van der Waals surface area contributed by atoms with Crippen LogP contribution in [0.4, 0.5) is 11.5 Å². The van der Waals surface area contributed by atoms with Crippen LogP contribution >= 0.6 is 11.3 Å². The highest BCUT2D eigenvalue weighted by atomic mass is 32.1. The van der Waals surface area contributed by atoms with Gasteiger partial charge in [-0.2, -0.15) is 11.3 Å². The van der Waals surface area contributed by atoms with Crippen molar-refractivity contribution >= 4 is 33.7 Å². The number of hydrogen-bond acceptors (Lipinski definition) is 5. The van der Waals surface area contributed by atoms with Crippen molar-refractivity contribution in [1.29, 1.82) is 0 Å². The van der Waals surface area contributed by atoms with E-state index >= 15 is 0 Å². The molecule has 6 heteroatoms. The SMILES string of the molecule is COc1ccc(Nc2nccc3[nH]c(-c4ccsc4)cc23)cn1. The lowest BCUT2D eigenvalue weighted by atomic mass is 10.2. The standard InChI is InChI=1S/C17H14N4OS/c1-22-16-3-2-12(9-19-16)20-17-13-8-15(11-5-7-23-10-11)21-14(13)4-6-18-17/h2-10,21H,1H3,(H,18,20). The fourth-order valence-electron chi connectivity index (χ4n) is 2.44. The highest BCUT2D eigenvalue weighted by Crippen LogP contribution is 2.30. The molecule has 0 aliphatic rings. The van der Waals surface area contributed by atoms with Gasteiger partial charge in [0.05, 0.1) is 24.5 Å². The second-order valence-electron chi connectivity index (χ2n) is 5.03. The molecule has 0 unspecified atom stereocenters.